The molecule has 4 nitrogen and oxygen atoms in total. The Hall–Kier alpha value is -1.32. The Bertz CT molecular complexity index is 324. The molecule has 0 unspecified atom stereocenters. The molecule has 2 rings (SSSR count). The Morgan fingerprint density at radius 1 is 1.38 bits per heavy atom. The zero-order chi connectivity index (χ0) is 11.2. The van der Waals surface area contributed by atoms with Crippen LogP contribution in [-0.2, 0) is 0 Å². The minimum atomic E-state index is 0.533. The van der Waals surface area contributed by atoms with E-state index < -0.39 is 0 Å². The first-order chi connectivity index (χ1) is 7.88. The van der Waals surface area contributed by atoms with Crippen LogP contribution in [0.2, 0.25) is 0 Å². The second kappa shape index (κ2) is 5.68. The lowest BCUT2D eigenvalue weighted by Crippen LogP contribution is -2.23. The highest BCUT2D eigenvalue weighted by Gasteiger charge is 2.14. The van der Waals surface area contributed by atoms with Crippen LogP contribution in [0.5, 0.6) is 5.88 Å². The zero-order valence-electron chi connectivity index (χ0n) is 9.78. The third kappa shape index (κ3) is 3.08. The zero-order valence-corrected chi connectivity index (χ0v) is 9.78. The maximum Gasteiger partial charge on any atom is 0.226 e. The van der Waals surface area contributed by atoms with E-state index in [4.69, 9.17) is 4.74 Å². The van der Waals surface area contributed by atoms with E-state index in [1.54, 1.807) is 12.3 Å². The van der Waals surface area contributed by atoms with Crippen molar-refractivity contribution in [2.45, 2.75) is 45.1 Å². The van der Waals surface area contributed by atoms with Gasteiger partial charge >= 0.3 is 0 Å². The van der Waals surface area contributed by atoms with Crippen LogP contribution in [0.4, 0.5) is 5.95 Å². The van der Waals surface area contributed by atoms with Crippen LogP contribution in [0.15, 0.2) is 12.3 Å². The van der Waals surface area contributed by atoms with E-state index in [2.05, 4.69) is 15.3 Å². The first kappa shape index (κ1) is 11.2. The molecule has 0 aromatic carbocycles. The van der Waals surface area contributed by atoms with Crippen LogP contribution in [0.1, 0.15) is 39.0 Å². The molecule has 1 saturated carbocycles. The van der Waals surface area contributed by atoms with Crippen LogP contribution in [-0.4, -0.2) is 22.6 Å². The third-order valence-electron chi connectivity index (χ3n) is 2.86. The van der Waals surface area contributed by atoms with Crippen molar-refractivity contribution in [3.05, 3.63) is 12.3 Å². The number of rotatable bonds is 4. The summed E-state index contributed by atoms with van der Waals surface area (Å²) in [6.07, 6.45) is 8.16. The average Bonchev–Trinajstić information content (AvgIpc) is 2.31. The van der Waals surface area contributed by atoms with Gasteiger partial charge in [0.05, 0.1) is 6.61 Å². The van der Waals surface area contributed by atoms with E-state index in [0.717, 1.165) is 0 Å². The van der Waals surface area contributed by atoms with Crippen molar-refractivity contribution in [1.82, 2.24) is 9.97 Å². The van der Waals surface area contributed by atoms with Gasteiger partial charge in [0, 0.05) is 18.3 Å². The van der Waals surface area contributed by atoms with Crippen LogP contribution in [0, 0.1) is 0 Å². The van der Waals surface area contributed by atoms with Gasteiger partial charge in [0.1, 0.15) is 0 Å². The molecule has 1 aliphatic carbocycles. The Labute approximate surface area is 96.4 Å². The largest absolute Gasteiger partial charge is 0.478 e. The molecule has 0 atom stereocenters. The predicted molar refractivity (Wildman–Crippen MR) is 63.7 cm³/mol. The van der Waals surface area contributed by atoms with Crippen molar-refractivity contribution < 1.29 is 4.74 Å². The summed E-state index contributed by atoms with van der Waals surface area (Å²) in [5, 5.41) is 3.38. The summed E-state index contributed by atoms with van der Waals surface area (Å²) < 4.78 is 5.34. The van der Waals surface area contributed by atoms with Crippen molar-refractivity contribution >= 4 is 5.95 Å². The van der Waals surface area contributed by atoms with Crippen LogP contribution >= 0.6 is 0 Å². The summed E-state index contributed by atoms with van der Waals surface area (Å²) in [5.41, 5.74) is 0. The monoisotopic (exact) mass is 221 g/mol. The average molecular weight is 221 g/mol. The maximum absolute atomic E-state index is 5.34. The van der Waals surface area contributed by atoms with Gasteiger partial charge in [-0.05, 0) is 19.8 Å². The standard InChI is InChI=1S/C12H19N3O/c1-2-16-11-8-9-13-12(15-11)14-10-6-4-3-5-7-10/h8-10H,2-7H2,1H3,(H,13,14,15). The fraction of sp³-hybridized carbons (Fsp3) is 0.667. The highest BCUT2D eigenvalue weighted by Crippen LogP contribution is 2.20. The quantitative estimate of drug-likeness (QED) is 0.849. The number of hydrogen-bond acceptors (Lipinski definition) is 4. The molecule has 0 radical (unpaired) electrons. The molecular weight excluding hydrogens is 202 g/mol. The molecule has 1 aromatic rings. The number of aromatic nitrogens is 2. The summed E-state index contributed by atoms with van der Waals surface area (Å²) in [7, 11) is 0. The van der Waals surface area contributed by atoms with Gasteiger partial charge in [0.25, 0.3) is 0 Å². The summed E-state index contributed by atoms with van der Waals surface area (Å²) >= 11 is 0. The van der Waals surface area contributed by atoms with Crippen molar-refractivity contribution in [3.8, 4) is 5.88 Å². The Morgan fingerprint density at radius 3 is 2.94 bits per heavy atom. The van der Waals surface area contributed by atoms with Crippen LogP contribution in [0.3, 0.4) is 0 Å². The molecule has 0 amide bonds. The fourth-order valence-corrected chi connectivity index (χ4v) is 2.07. The normalized spacial score (nSPS) is 17.1. The van der Waals surface area contributed by atoms with E-state index in [-0.39, 0.29) is 0 Å². The lowest BCUT2D eigenvalue weighted by molar-refractivity contribution is 0.326. The number of ether oxygens (including phenoxy) is 1. The minimum absolute atomic E-state index is 0.533. The molecule has 0 aliphatic heterocycles. The van der Waals surface area contributed by atoms with Gasteiger partial charge in [-0.15, -0.1) is 0 Å². The first-order valence-electron chi connectivity index (χ1n) is 6.11. The maximum atomic E-state index is 5.34. The highest BCUT2D eigenvalue weighted by molar-refractivity contribution is 5.28. The Balaban J connectivity index is 1.94. The predicted octanol–water partition coefficient (Wildman–Crippen LogP) is 2.62. The molecule has 1 aromatic heterocycles. The topological polar surface area (TPSA) is 47.0 Å². The summed E-state index contributed by atoms with van der Waals surface area (Å²) in [5.74, 6) is 1.34. The smallest absolute Gasteiger partial charge is 0.226 e. The number of nitrogens with zero attached hydrogens (tertiary/aromatic N) is 2. The highest BCUT2D eigenvalue weighted by atomic mass is 16.5. The van der Waals surface area contributed by atoms with Gasteiger partial charge in [-0.25, -0.2) is 4.98 Å². The van der Waals surface area contributed by atoms with Gasteiger partial charge < -0.3 is 10.1 Å². The van der Waals surface area contributed by atoms with E-state index >= 15 is 0 Å². The van der Waals surface area contributed by atoms with E-state index in [1.165, 1.54) is 32.1 Å². The lowest BCUT2D eigenvalue weighted by atomic mass is 9.96. The molecule has 1 heterocycles. The van der Waals surface area contributed by atoms with Gasteiger partial charge in [-0.3, -0.25) is 0 Å². The SMILES string of the molecule is CCOc1ccnc(NC2CCCCC2)n1. The second-order valence-corrected chi connectivity index (χ2v) is 4.13. The van der Waals surface area contributed by atoms with Gasteiger partial charge in [0.15, 0.2) is 0 Å². The number of hydrogen-bond donors (Lipinski definition) is 1. The molecule has 1 N–H and O–H groups in total. The summed E-state index contributed by atoms with van der Waals surface area (Å²) in [6.45, 7) is 2.59. The molecule has 4 heteroatoms. The van der Waals surface area contributed by atoms with E-state index in [9.17, 15) is 0 Å². The van der Waals surface area contributed by atoms with E-state index in [0.29, 0.717) is 24.5 Å². The molecule has 88 valence electrons. The first-order valence-corrected chi connectivity index (χ1v) is 6.11. The van der Waals surface area contributed by atoms with Gasteiger partial charge in [-0.2, -0.15) is 4.98 Å². The van der Waals surface area contributed by atoms with Crippen molar-refractivity contribution in [3.63, 3.8) is 0 Å². The van der Waals surface area contributed by atoms with Crippen molar-refractivity contribution in [2.75, 3.05) is 11.9 Å². The molecule has 1 aliphatic rings. The Morgan fingerprint density at radius 2 is 2.19 bits per heavy atom. The summed E-state index contributed by atoms with van der Waals surface area (Å²) in [6, 6.07) is 2.32. The number of anilines is 1. The van der Waals surface area contributed by atoms with E-state index in [1.807, 2.05) is 6.92 Å². The fourth-order valence-electron chi connectivity index (χ4n) is 2.07. The lowest BCUT2D eigenvalue weighted by Gasteiger charge is -2.22. The van der Waals surface area contributed by atoms with Crippen LogP contribution < -0.4 is 10.1 Å². The molecule has 0 saturated heterocycles. The minimum Gasteiger partial charge on any atom is -0.478 e. The van der Waals surface area contributed by atoms with Crippen molar-refractivity contribution in [1.29, 1.82) is 0 Å². The van der Waals surface area contributed by atoms with Gasteiger partial charge in [0.2, 0.25) is 11.8 Å². The number of nitrogens with one attached hydrogen (secondary N) is 1. The van der Waals surface area contributed by atoms with Gasteiger partial charge in [-0.1, -0.05) is 19.3 Å². The molecular formula is C12H19N3O. The van der Waals surface area contributed by atoms with Crippen LogP contribution in [0.25, 0.3) is 0 Å². The molecule has 0 bridgehead atoms. The summed E-state index contributed by atoms with van der Waals surface area (Å²) in [4.78, 5) is 8.53. The second-order valence-electron chi connectivity index (χ2n) is 4.13. The molecule has 16 heavy (non-hydrogen) atoms. The Kier molecular flexibility index (Phi) is 3.97. The third-order valence-corrected chi connectivity index (χ3v) is 2.86. The molecule has 1 fully saturated rings. The van der Waals surface area contributed by atoms with Crippen molar-refractivity contribution in [2.24, 2.45) is 0 Å². The molecule has 0 spiro atoms.